The molecule has 92 valence electrons. The molecule has 1 fully saturated rings. The van der Waals surface area contributed by atoms with Crippen LogP contribution in [0.5, 0.6) is 0 Å². The number of hydrogen-bond acceptors (Lipinski definition) is 5. The van der Waals surface area contributed by atoms with Crippen molar-refractivity contribution in [2.24, 2.45) is 0 Å². The first-order chi connectivity index (χ1) is 8.29. The van der Waals surface area contributed by atoms with Crippen LogP contribution in [0.3, 0.4) is 0 Å². The lowest BCUT2D eigenvalue weighted by atomic mass is 10.1. The molecular weight excluding hydrogens is 216 g/mol. The minimum atomic E-state index is 0.0508. The van der Waals surface area contributed by atoms with Gasteiger partial charge in [0.05, 0.1) is 12.7 Å². The van der Waals surface area contributed by atoms with Gasteiger partial charge < -0.3 is 5.32 Å². The molecule has 0 aromatic carbocycles. The Labute approximate surface area is 101 Å². The summed E-state index contributed by atoms with van der Waals surface area (Å²) < 4.78 is 0. The van der Waals surface area contributed by atoms with Gasteiger partial charge in [0, 0.05) is 25.0 Å². The second-order valence-electron chi connectivity index (χ2n) is 4.38. The fourth-order valence-electron chi connectivity index (χ4n) is 2.16. The van der Waals surface area contributed by atoms with Crippen LogP contribution in [0.1, 0.15) is 23.3 Å². The molecule has 1 saturated heterocycles. The fraction of sp³-hybridized carbons (Fsp3) is 0.583. The Kier molecular flexibility index (Phi) is 4.17. The fourth-order valence-corrected chi connectivity index (χ4v) is 2.16. The van der Waals surface area contributed by atoms with Gasteiger partial charge in [-0.05, 0) is 26.4 Å². The predicted molar refractivity (Wildman–Crippen MR) is 64.9 cm³/mol. The van der Waals surface area contributed by atoms with Crippen molar-refractivity contribution in [2.75, 3.05) is 26.7 Å². The van der Waals surface area contributed by atoms with E-state index < -0.39 is 0 Å². The molecule has 0 radical (unpaired) electrons. The van der Waals surface area contributed by atoms with Crippen molar-refractivity contribution in [3.05, 3.63) is 24.3 Å². The molecule has 5 nitrogen and oxygen atoms in total. The van der Waals surface area contributed by atoms with Gasteiger partial charge >= 0.3 is 0 Å². The van der Waals surface area contributed by atoms with Crippen molar-refractivity contribution in [3.63, 3.8) is 0 Å². The SMILES string of the molecule is CN[C@H]1CCCN(CC(=O)c2cnccn2)C1. The number of piperidine rings is 1. The van der Waals surface area contributed by atoms with Crippen LogP contribution in [0.15, 0.2) is 18.6 Å². The molecule has 1 aliphatic rings. The first kappa shape index (κ1) is 12.1. The van der Waals surface area contributed by atoms with E-state index in [4.69, 9.17) is 0 Å². The Hall–Kier alpha value is -1.33. The van der Waals surface area contributed by atoms with Crippen molar-refractivity contribution in [1.82, 2.24) is 20.2 Å². The molecule has 0 spiro atoms. The smallest absolute Gasteiger partial charge is 0.196 e. The summed E-state index contributed by atoms with van der Waals surface area (Å²) in [5.41, 5.74) is 0.457. The van der Waals surface area contributed by atoms with Crippen LogP contribution < -0.4 is 5.32 Å². The summed E-state index contributed by atoms with van der Waals surface area (Å²) in [7, 11) is 1.97. The zero-order chi connectivity index (χ0) is 12.1. The van der Waals surface area contributed by atoms with Gasteiger partial charge in [0.15, 0.2) is 5.78 Å². The minimum absolute atomic E-state index is 0.0508. The molecular formula is C12H18N4O. The largest absolute Gasteiger partial charge is 0.316 e. The number of aromatic nitrogens is 2. The van der Waals surface area contributed by atoms with Gasteiger partial charge in [0.1, 0.15) is 5.69 Å². The summed E-state index contributed by atoms with van der Waals surface area (Å²) in [6.45, 7) is 2.36. The number of carbonyl (C=O) groups excluding carboxylic acids is 1. The third-order valence-electron chi connectivity index (χ3n) is 3.13. The van der Waals surface area contributed by atoms with E-state index in [1.54, 1.807) is 12.4 Å². The molecule has 0 saturated carbocycles. The first-order valence-corrected chi connectivity index (χ1v) is 5.98. The summed E-state index contributed by atoms with van der Waals surface area (Å²) >= 11 is 0. The number of likely N-dealkylation sites (N-methyl/N-ethyl adjacent to an activating group) is 1. The average molecular weight is 234 g/mol. The summed E-state index contributed by atoms with van der Waals surface area (Å²) in [5.74, 6) is 0.0508. The van der Waals surface area contributed by atoms with E-state index >= 15 is 0 Å². The molecule has 2 heterocycles. The maximum Gasteiger partial charge on any atom is 0.196 e. The molecule has 1 aromatic heterocycles. The molecule has 0 aliphatic carbocycles. The van der Waals surface area contributed by atoms with Crippen molar-refractivity contribution < 1.29 is 4.79 Å². The van der Waals surface area contributed by atoms with E-state index in [1.807, 2.05) is 7.05 Å². The number of Topliss-reactive ketones (excluding diaryl/α,β-unsaturated/α-hetero) is 1. The second kappa shape index (κ2) is 5.84. The minimum Gasteiger partial charge on any atom is -0.316 e. The van der Waals surface area contributed by atoms with Crippen molar-refractivity contribution in [2.45, 2.75) is 18.9 Å². The lowest BCUT2D eigenvalue weighted by Crippen LogP contribution is -2.46. The van der Waals surface area contributed by atoms with Gasteiger partial charge in [-0.3, -0.25) is 14.7 Å². The van der Waals surface area contributed by atoms with Crippen LogP contribution in [0.25, 0.3) is 0 Å². The molecule has 1 N–H and O–H groups in total. The van der Waals surface area contributed by atoms with Gasteiger partial charge in [0.2, 0.25) is 0 Å². The van der Waals surface area contributed by atoms with Crippen LogP contribution in [0, 0.1) is 0 Å². The zero-order valence-corrected chi connectivity index (χ0v) is 10.1. The second-order valence-corrected chi connectivity index (χ2v) is 4.38. The highest BCUT2D eigenvalue weighted by Gasteiger charge is 2.21. The maximum absolute atomic E-state index is 11.9. The Bertz CT molecular complexity index is 368. The molecule has 1 atom stereocenters. The Morgan fingerprint density at radius 2 is 2.47 bits per heavy atom. The molecule has 1 aliphatic heterocycles. The van der Waals surface area contributed by atoms with Gasteiger partial charge in [-0.15, -0.1) is 0 Å². The molecule has 5 heteroatoms. The number of rotatable bonds is 4. The Morgan fingerprint density at radius 1 is 1.59 bits per heavy atom. The molecule has 17 heavy (non-hydrogen) atoms. The monoisotopic (exact) mass is 234 g/mol. The van der Waals surface area contributed by atoms with E-state index in [-0.39, 0.29) is 5.78 Å². The number of likely N-dealkylation sites (tertiary alicyclic amines) is 1. The van der Waals surface area contributed by atoms with E-state index in [2.05, 4.69) is 20.2 Å². The summed E-state index contributed by atoms with van der Waals surface area (Å²) in [6, 6.07) is 0.499. The maximum atomic E-state index is 11.9. The Morgan fingerprint density at radius 3 is 3.18 bits per heavy atom. The molecule has 0 amide bonds. The van der Waals surface area contributed by atoms with Gasteiger partial charge in [0.25, 0.3) is 0 Å². The summed E-state index contributed by atoms with van der Waals surface area (Å²) in [6.07, 6.45) is 6.99. The van der Waals surface area contributed by atoms with Gasteiger partial charge in [-0.1, -0.05) is 0 Å². The highest BCUT2D eigenvalue weighted by atomic mass is 16.1. The molecule has 0 unspecified atom stereocenters. The Balaban J connectivity index is 1.90. The highest BCUT2D eigenvalue weighted by Crippen LogP contribution is 2.10. The van der Waals surface area contributed by atoms with Gasteiger partial charge in [-0.25, -0.2) is 4.98 Å². The lowest BCUT2D eigenvalue weighted by Gasteiger charge is -2.31. The van der Waals surface area contributed by atoms with E-state index in [9.17, 15) is 4.79 Å². The third kappa shape index (κ3) is 3.31. The van der Waals surface area contributed by atoms with Crippen molar-refractivity contribution in [1.29, 1.82) is 0 Å². The van der Waals surface area contributed by atoms with E-state index in [0.29, 0.717) is 18.3 Å². The zero-order valence-electron chi connectivity index (χ0n) is 10.1. The summed E-state index contributed by atoms with van der Waals surface area (Å²) in [4.78, 5) is 22.1. The summed E-state index contributed by atoms with van der Waals surface area (Å²) in [5, 5.41) is 3.27. The third-order valence-corrected chi connectivity index (χ3v) is 3.13. The molecule has 2 rings (SSSR count). The van der Waals surface area contributed by atoms with Crippen molar-refractivity contribution in [3.8, 4) is 0 Å². The topological polar surface area (TPSA) is 58.1 Å². The number of carbonyl (C=O) groups is 1. The number of hydrogen-bond donors (Lipinski definition) is 1. The number of ketones is 1. The number of nitrogens with zero attached hydrogens (tertiary/aromatic N) is 3. The standard InChI is InChI=1S/C12H18N4O/c1-13-10-3-2-6-16(8-10)9-12(17)11-7-14-4-5-15-11/h4-5,7,10,13H,2-3,6,8-9H2,1H3/t10-/m0/s1. The molecule has 0 bridgehead atoms. The quantitative estimate of drug-likeness (QED) is 0.761. The van der Waals surface area contributed by atoms with E-state index in [1.165, 1.54) is 12.6 Å². The van der Waals surface area contributed by atoms with Crippen LogP contribution in [0.4, 0.5) is 0 Å². The lowest BCUT2D eigenvalue weighted by molar-refractivity contribution is 0.0896. The van der Waals surface area contributed by atoms with E-state index in [0.717, 1.165) is 19.5 Å². The van der Waals surface area contributed by atoms with Crippen LogP contribution >= 0.6 is 0 Å². The van der Waals surface area contributed by atoms with Crippen LogP contribution in [0.2, 0.25) is 0 Å². The highest BCUT2D eigenvalue weighted by molar-refractivity contribution is 5.95. The van der Waals surface area contributed by atoms with Crippen LogP contribution in [-0.4, -0.2) is 53.4 Å². The van der Waals surface area contributed by atoms with Crippen LogP contribution in [-0.2, 0) is 0 Å². The molecule has 1 aromatic rings. The normalized spacial score (nSPS) is 21.4. The first-order valence-electron chi connectivity index (χ1n) is 5.98. The number of nitrogens with one attached hydrogen (secondary N) is 1. The predicted octanol–water partition coefficient (Wildman–Crippen LogP) is 0.343. The van der Waals surface area contributed by atoms with Crippen molar-refractivity contribution >= 4 is 5.78 Å². The average Bonchev–Trinajstić information content (AvgIpc) is 2.40. The van der Waals surface area contributed by atoms with Gasteiger partial charge in [-0.2, -0.15) is 0 Å².